The Balaban J connectivity index is -0.000000411. The SMILES string of the molecule is O=C(O)C(O)C(O)C(O)C(O)CO.O=C(O)C(O)C(O)C(O)C(O)CO.[SeH2]. The van der Waals surface area contributed by atoms with Crippen molar-refractivity contribution in [1.82, 2.24) is 0 Å². The molecular weight excluding hydrogens is 447 g/mol. The van der Waals surface area contributed by atoms with Crippen LogP contribution >= 0.6 is 0 Å². The van der Waals surface area contributed by atoms with Crippen molar-refractivity contribution in [1.29, 1.82) is 0 Å². The van der Waals surface area contributed by atoms with E-state index in [9.17, 15) is 9.59 Å². The van der Waals surface area contributed by atoms with Gasteiger partial charge < -0.3 is 61.3 Å². The van der Waals surface area contributed by atoms with Crippen molar-refractivity contribution in [3.05, 3.63) is 0 Å². The number of carbonyl (C=O) groups is 2. The first-order chi connectivity index (χ1) is 11.8. The van der Waals surface area contributed by atoms with E-state index in [1.807, 2.05) is 0 Å². The molecule has 0 aliphatic rings. The molecule has 0 aliphatic carbocycles. The fraction of sp³-hybridized carbons (Fsp3) is 0.833. The van der Waals surface area contributed by atoms with E-state index in [0.717, 1.165) is 0 Å². The third-order valence-electron chi connectivity index (χ3n) is 3.02. The summed E-state index contributed by atoms with van der Waals surface area (Å²) >= 11 is 0. The first-order valence-corrected chi connectivity index (χ1v) is 6.95. The van der Waals surface area contributed by atoms with E-state index < -0.39 is 74.0 Å². The molecule has 0 amide bonds. The molecule has 12 N–H and O–H groups in total. The second-order valence-corrected chi connectivity index (χ2v) is 5.03. The maximum absolute atomic E-state index is 10.1. The normalized spacial score (nSPS) is 19.6. The molecule has 0 radical (unpaired) electrons. The van der Waals surface area contributed by atoms with Gasteiger partial charge in [-0.05, 0) is 0 Å². The average molecular weight is 473 g/mol. The Kier molecular flexibility index (Phi) is 17.1. The molecule has 0 aromatic rings. The molecule has 0 aromatic heterocycles. The predicted octanol–water partition coefficient (Wildman–Crippen LogP) is -7.90. The molecule has 0 bridgehead atoms. The molecule has 15 heteroatoms. The summed E-state index contributed by atoms with van der Waals surface area (Å²) in [4.78, 5) is 20.2. The molecule has 0 heterocycles. The molecule has 27 heavy (non-hydrogen) atoms. The summed E-state index contributed by atoms with van der Waals surface area (Å²) in [5.74, 6) is -3.45. The first kappa shape index (κ1) is 30.8. The molecular formula is C12H26O14Se. The van der Waals surface area contributed by atoms with Crippen molar-refractivity contribution in [2.24, 2.45) is 0 Å². The number of hydrogen-bond acceptors (Lipinski definition) is 12. The van der Waals surface area contributed by atoms with Gasteiger partial charge in [0.2, 0.25) is 0 Å². The van der Waals surface area contributed by atoms with Crippen LogP contribution in [0, 0.1) is 0 Å². The van der Waals surface area contributed by atoms with Gasteiger partial charge in [-0.15, -0.1) is 0 Å². The Hall–Kier alpha value is -0.941. The minimum atomic E-state index is -2.20. The molecule has 14 nitrogen and oxygen atoms in total. The van der Waals surface area contributed by atoms with Gasteiger partial charge >= 0.3 is 29.0 Å². The number of aliphatic carboxylic acids is 2. The van der Waals surface area contributed by atoms with Crippen LogP contribution in [0.25, 0.3) is 0 Å². The summed E-state index contributed by atoms with van der Waals surface area (Å²) in [5.41, 5.74) is 0. The fourth-order valence-corrected chi connectivity index (χ4v) is 1.34. The van der Waals surface area contributed by atoms with Crippen molar-refractivity contribution in [2.75, 3.05) is 13.2 Å². The van der Waals surface area contributed by atoms with Crippen molar-refractivity contribution in [3.63, 3.8) is 0 Å². The summed E-state index contributed by atoms with van der Waals surface area (Å²) in [6, 6.07) is 0. The minimum absolute atomic E-state index is 0. The van der Waals surface area contributed by atoms with Crippen LogP contribution in [-0.4, -0.2) is 152 Å². The Morgan fingerprint density at radius 2 is 0.778 bits per heavy atom. The first-order valence-electron chi connectivity index (χ1n) is 6.95. The number of carboxylic acids is 2. The average Bonchev–Trinajstić information content (AvgIpc) is 2.62. The van der Waals surface area contributed by atoms with Gasteiger partial charge in [0, 0.05) is 0 Å². The van der Waals surface area contributed by atoms with Crippen molar-refractivity contribution >= 4 is 29.0 Å². The number of hydrogen-bond donors (Lipinski definition) is 12. The molecule has 0 saturated carbocycles. The van der Waals surface area contributed by atoms with Crippen LogP contribution < -0.4 is 0 Å². The number of carboxylic acid groups (broad SMARTS) is 2. The van der Waals surface area contributed by atoms with Crippen LogP contribution in [0.15, 0.2) is 0 Å². The van der Waals surface area contributed by atoms with E-state index in [-0.39, 0.29) is 17.1 Å². The quantitative estimate of drug-likeness (QED) is 0.131. The van der Waals surface area contributed by atoms with Gasteiger partial charge in [-0.25, -0.2) is 9.59 Å². The van der Waals surface area contributed by atoms with Gasteiger partial charge in [0.1, 0.15) is 36.6 Å². The standard InChI is InChI=1S/2C6H12O7.H2Se/c2*7-1-2(8)3(9)4(10)5(11)6(12)13;/h2*2-5,7-11H,1H2,(H,12,13);1H2. The van der Waals surface area contributed by atoms with Crippen LogP contribution in [0.1, 0.15) is 0 Å². The van der Waals surface area contributed by atoms with E-state index in [1.165, 1.54) is 0 Å². The monoisotopic (exact) mass is 474 g/mol. The van der Waals surface area contributed by atoms with Gasteiger partial charge in [-0.1, -0.05) is 0 Å². The topological polar surface area (TPSA) is 277 Å². The summed E-state index contributed by atoms with van der Waals surface area (Å²) in [5, 5.41) is 104. The predicted molar refractivity (Wildman–Crippen MR) is 86.0 cm³/mol. The van der Waals surface area contributed by atoms with E-state index in [2.05, 4.69) is 0 Å². The van der Waals surface area contributed by atoms with Crippen LogP contribution in [0.3, 0.4) is 0 Å². The molecule has 0 fully saturated rings. The third kappa shape index (κ3) is 10.8. The maximum atomic E-state index is 10.1. The second-order valence-electron chi connectivity index (χ2n) is 5.03. The van der Waals surface area contributed by atoms with Crippen molar-refractivity contribution < 1.29 is 70.9 Å². The summed E-state index contributed by atoms with van der Waals surface area (Å²) < 4.78 is 0. The number of aliphatic hydroxyl groups excluding tert-OH is 10. The summed E-state index contributed by atoms with van der Waals surface area (Å²) in [6.07, 6.45) is -15.7. The molecule has 0 rings (SSSR count). The van der Waals surface area contributed by atoms with Crippen molar-refractivity contribution in [2.45, 2.75) is 48.8 Å². The Bertz CT molecular complexity index is 385. The zero-order valence-corrected chi connectivity index (χ0v) is 15.8. The fourth-order valence-electron chi connectivity index (χ4n) is 1.34. The van der Waals surface area contributed by atoms with Crippen molar-refractivity contribution in [3.8, 4) is 0 Å². The zero-order valence-electron chi connectivity index (χ0n) is 13.7. The van der Waals surface area contributed by atoms with E-state index >= 15 is 0 Å². The van der Waals surface area contributed by atoms with Gasteiger partial charge in [-0.3, -0.25) is 0 Å². The van der Waals surface area contributed by atoms with Gasteiger partial charge in [0.15, 0.2) is 12.2 Å². The number of rotatable bonds is 10. The molecule has 0 spiro atoms. The Labute approximate surface area is 162 Å². The van der Waals surface area contributed by atoms with Gasteiger partial charge in [-0.2, -0.15) is 0 Å². The third-order valence-corrected chi connectivity index (χ3v) is 3.02. The molecule has 164 valence electrons. The molecule has 8 atom stereocenters. The Morgan fingerprint density at radius 3 is 0.926 bits per heavy atom. The van der Waals surface area contributed by atoms with E-state index in [0.29, 0.717) is 0 Å². The molecule has 0 saturated heterocycles. The van der Waals surface area contributed by atoms with Crippen LogP contribution in [0.2, 0.25) is 0 Å². The van der Waals surface area contributed by atoms with Crippen LogP contribution in [0.5, 0.6) is 0 Å². The molecule has 0 aliphatic heterocycles. The van der Waals surface area contributed by atoms with Gasteiger partial charge in [0.05, 0.1) is 13.2 Å². The number of aliphatic hydroxyl groups is 10. The van der Waals surface area contributed by atoms with Crippen LogP contribution in [0.4, 0.5) is 0 Å². The Morgan fingerprint density at radius 1 is 0.556 bits per heavy atom. The summed E-state index contributed by atoms with van der Waals surface area (Å²) in [7, 11) is 0. The van der Waals surface area contributed by atoms with Crippen LogP contribution in [-0.2, 0) is 9.59 Å². The van der Waals surface area contributed by atoms with Gasteiger partial charge in [0.25, 0.3) is 0 Å². The zero-order chi connectivity index (χ0) is 21.2. The van der Waals surface area contributed by atoms with E-state index in [4.69, 9.17) is 61.3 Å². The second kappa shape index (κ2) is 15.0. The summed E-state index contributed by atoms with van der Waals surface area (Å²) in [6.45, 7) is -1.69. The van der Waals surface area contributed by atoms with E-state index in [1.54, 1.807) is 0 Å². The molecule has 0 aromatic carbocycles. The molecule has 8 unspecified atom stereocenters.